The first-order valence-corrected chi connectivity index (χ1v) is 6.11. The van der Waals surface area contributed by atoms with Crippen LogP contribution in [0.15, 0.2) is 42.5 Å². The second kappa shape index (κ2) is 5.61. The van der Waals surface area contributed by atoms with Crippen molar-refractivity contribution in [2.75, 3.05) is 30.0 Å². The Kier molecular flexibility index (Phi) is 3.89. The lowest BCUT2D eigenvalue weighted by molar-refractivity contribution is 0.102. The van der Waals surface area contributed by atoms with E-state index in [2.05, 4.69) is 5.32 Å². The summed E-state index contributed by atoms with van der Waals surface area (Å²) in [4.78, 5) is 14.1. The number of carbonyl (C=O) groups excluding carboxylic acids is 1. The van der Waals surface area contributed by atoms with Gasteiger partial charge < -0.3 is 16.0 Å². The van der Waals surface area contributed by atoms with Gasteiger partial charge in [0.25, 0.3) is 5.91 Å². The van der Waals surface area contributed by atoms with Gasteiger partial charge >= 0.3 is 0 Å². The minimum Gasteiger partial charge on any atom is -0.399 e. The molecule has 4 nitrogen and oxygen atoms in total. The van der Waals surface area contributed by atoms with Crippen LogP contribution in [-0.2, 0) is 0 Å². The molecule has 0 saturated carbocycles. The molecule has 3 N–H and O–H groups in total. The van der Waals surface area contributed by atoms with Crippen molar-refractivity contribution in [3.63, 3.8) is 0 Å². The Morgan fingerprint density at radius 3 is 2.60 bits per heavy atom. The summed E-state index contributed by atoms with van der Waals surface area (Å²) in [6.45, 7) is 0. The summed E-state index contributed by atoms with van der Waals surface area (Å²) < 4.78 is 13.1. The molecule has 0 aliphatic heterocycles. The van der Waals surface area contributed by atoms with Crippen molar-refractivity contribution in [2.45, 2.75) is 0 Å². The third kappa shape index (κ3) is 3.06. The lowest BCUT2D eigenvalue weighted by Gasteiger charge is -2.17. The third-order valence-corrected chi connectivity index (χ3v) is 2.83. The van der Waals surface area contributed by atoms with Crippen molar-refractivity contribution in [2.24, 2.45) is 0 Å². The maximum atomic E-state index is 13.1. The Labute approximate surface area is 117 Å². The number of amides is 1. The fourth-order valence-electron chi connectivity index (χ4n) is 1.89. The van der Waals surface area contributed by atoms with Crippen molar-refractivity contribution in [1.82, 2.24) is 0 Å². The van der Waals surface area contributed by atoms with E-state index in [9.17, 15) is 9.18 Å². The van der Waals surface area contributed by atoms with E-state index in [0.29, 0.717) is 16.9 Å². The lowest BCUT2D eigenvalue weighted by atomic mass is 10.1. The highest BCUT2D eigenvalue weighted by atomic mass is 19.1. The van der Waals surface area contributed by atoms with Crippen LogP contribution in [-0.4, -0.2) is 20.0 Å². The van der Waals surface area contributed by atoms with Gasteiger partial charge in [-0.3, -0.25) is 4.79 Å². The molecule has 0 bridgehead atoms. The first kappa shape index (κ1) is 13.9. The molecular formula is C15H16FN3O. The van der Waals surface area contributed by atoms with Crippen LogP contribution < -0.4 is 16.0 Å². The van der Waals surface area contributed by atoms with Gasteiger partial charge in [0, 0.05) is 31.2 Å². The summed E-state index contributed by atoms with van der Waals surface area (Å²) in [6.07, 6.45) is 0. The highest BCUT2D eigenvalue weighted by Gasteiger charge is 2.13. The molecule has 0 heterocycles. The molecule has 0 aromatic heterocycles. The van der Waals surface area contributed by atoms with Crippen LogP contribution in [0, 0.1) is 5.82 Å². The number of nitrogen functional groups attached to an aromatic ring is 1. The Balaban J connectivity index is 2.31. The minimum absolute atomic E-state index is 0.327. The molecule has 0 atom stereocenters. The van der Waals surface area contributed by atoms with E-state index in [1.807, 2.05) is 19.0 Å². The van der Waals surface area contributed by atoms with Gasteiger partial charge in [0.15, 0.2) is 0 Å². The molecule has 0 spiro atoms. The van der Waals surface area contributed by atoms with E-state index in [1.54, 1.807) is 24.3 Å². The molecule has 0 aliphatic rings. The fourth-order valence-corrected chi connectivity index (χ4v) is 1.89. The lowest BCUT2D eigenvalue weighted by Crippen LogP contribution is -2.18. The Morgan fingerprint density at radius 2 is 1.95 bits per heavy atom. The molecule has 0 saturated heterocycles. The number of benzene rings is 2. The zero-order chi connectivity index (χ0) is 14.7. The number of nitrogens with two attached hydrogens (primary N) is 1. The van der Waals surface area contributed by atoms with Gasteiger partial charge in [0.05, 0.1) is 5.56 Å². The number of halogens is 1. The van der Waals surface area contributed by atoms with Gasteiger partial charge in [-0.15, -0.1) is 0 Å². The molecule has 2 aromatic rings. The van der Waals surface area contributed by atoms with Gasteiger partial charge in [-0.2, -0.15) is 0 Å². The number of carbonyl (C=O) groups is 1. The number of nitrogens with one attached hydrogen (secondary N) is 1. The fraction of sp³-hybridized carbons (Fsp3) is 0.133. The highest BCUT2D eigenvalue weighted by molar-refractivity contribution is 6.08. The predicted octanol–water partition coefficient (Wildman–Crippen LogP) is 2.73. The largest absolute Gasteiger partial charge is 0.399 e. The van der Waals surface area contributed by atoms with Crippen LogP contribution in [0.4, 0.5) is 21.5 Å². The summed E-state index contributed by atoms with van der Waals surface area (Å²) in [5.41, 5.74) is 7.82. The molecule has 2 aromatic carbocycles. The van der Waals surface area contributed by atoms with Crippen molar-refractivity contribution in [3.8, 4) is 0 Å². The minimum atomic E-state index is -0.400. The van der Waals surface area contributed by atoms with Crippen LogP contribution in [0.1, 0.15) is 10.4 Å². The number of hydrogen-bond acceptors (Lipinski definition) is 3. The topological polar surface area (TPSA) is 58.4 Å². The van der Waals surface area contributed by atoms with Crippen LogP contribution in [0.5, 0.6) is 0 Å². The van der Waals surface area contributed by atoms with Gasteiger partial charge in [0.2, 0.25) is 0 Å². The number of rotatable bonds is 3. The van der Waals surface area contributed by atoms with E-state index in [-0.39, 0.29) is 5.91 Å². The van der Waals surface area contributed by atoms with Crippen molar-refractivity contribution in [1.29, 1.82) is 0 Å². The normalized spacial score (nSPS) is 10.2. The van der Waals surface area contributed by atoms with E-state index < -0.39 is 5.82 Å². The second-order valence-corrected chi connectivity index (χ2v) is 4.64. The van der Waals surface area contributed by atoms with E-state index in [0.717, 1.165) is 5.69 Å². The molecule has 1 amide bonds. The first-order chi connectivity index (χ1) is 9.47. The maximum Gasteiger partial charge on any atom is 0.257 e. The molecule has 104 valence electrons. The number of hydrogen-bond donors (Lipinski definition) is 2. The third-order valence-electron chi connectivity index (χ3n) is 2.83. The monoisotopic (exact) mass is 273 g/mol. The predicted molar refractivity (Wildman–Crippen MR) is 79.5 cm³/mol. The summed E-state index contributed by atoms with van der Waals surface area (Å²) in [6, 6.07) is 10.9. The summed E-state index contributed by atoms with van der Waals surface area (Å²) in [5.74, 6) is -0.727. The molecular weight excluding hydrogens is 257 g/mol. The summed E-state index contributed by atoms with van der Waals surface area (Å²) in [7, 11) is 3.68. The van der Waals surface area contributed by atoms with Gasteiger partial charge in [-0.1, -0.05) is 6.07 Å². The van der Waals surface area contributed by atoms with Gasteiger partial charge in [-0.25, -0.2) is 4.39 Å². The molecule has 20 heavy (non-hydrogen) atoms. The van der Waals surface area contributed by atoms with E-state index >= 15 is 0 Å². The average molecular weight is 273 g/mol. The van der Waals surface area contributed by atoms with Crippen molar-refractivity contribution < 1.29 is 9.18 Å². The Hall–Kier alpha value is -2.56. The Morgan fingerprint density at radius 1 is 1.20 bits per heavy atom. The Bertz CT molecular complexity index is 641. The van der Waals surface area contributed by atoms with E-state index in [4.69, 9.17) is 5.73 Å². The van der Waals surface area contributed by atoms with E-state index in [1.165, 1.54) is 18.2 Å². The molecule has 5 heteroatoms. The second-order valence-electron chi connectivity index (χ2n) is 4.64. The summed E-state index contributed by atoms with van der Waals surface area (Å²) >= 11 is 0. The standard InChI is InChI=1S/C15H16FN3O/c1-19(2)14-7-6-11(17)9-13(14)15(20)18-12-5-3-4-10(16)8-12/h3-9H,17H2,1-2H3,(H,18,20). The molecule has 2 rings (SSSR count). The number of anilines is 3. The van der Waals surface area contributed by atoms with Gasteiger partial charge in [-0.05, 0) is 36.4 Å². The molecule has 0 aliphatic carbocycles. The highest BCUT2D eigenvalue weighted by Crippen LogP contribution is 2.22. The van der Waals surface area contributed by atoms with Crippen LogP contribution in [0.3, 0.4) is 0 Å². The van der Waals surface area contributed by atoms with Crippen LogP contribution >= 0.6 is 0 Å². The quantitative estimate of drug-likeness (QED) is 0.845. The zero-order valence-corrected chi connectivity index (χ0v) is 11.4. The smallest absolute Gasteiger partial charge is 0.257 e. The van der Waals surface area contributed by atoms with Crippen LogP contribution in [0.25, 0.3) is 0 Å². The molecule has 0 radical (unpaired) electrons. The first-order valence-electron chi connectivity index (χ1n) is 6.11. The van der Waals surface area contributed by atoms with Crippen molar-refractivity contribution >= 4 is 23.0 Å². The average Bonchev–Trinajstić information content (AvgIpc) is 2.38. The molecule has 0 fully saturated rings. The number of nitrogens with zero attached hydrogens (tertiary/aromatic N) is 1. The SMILES string of the molecule is CN(C)c1ccc(N)cc1C(=O)Nc1cccc(F)c1. The maximum absolute atomic E-state index is 13.1. The van der Waals surface area contributed by atoms with Gasteiger partial charge in [0.1, 0.15) is 5.82 Å². The zero-order valence-electron chi connectivity index (χ0n) is 11.4. The summed E-state index contributed by atoms with van der Waals surface area (Å²) in [5, 5.41) is 2.66. The molecule has 0 unspecified atom stereocenters. The van der Waals surface area contributed by atoms with Crippen LogP contribution in [0.2, 0.25) is 0 Å². The van der Waals surface area contributed by atoms with Crippen molar-refractivity contribution in [3.05, 3.63) is 53.8 Å².